The molecule has 3 amide bonds. The molecule has 1 fully saturated rings. The van der Waals surface area contributed by atoms with Gasteiger partial charge in [0.1, 0.15) is 27.5 Å². The Hall–Kier alpha value is -3.18. The Bertz CT molecular complexity index is 1110. The van der Waals surface area contributed by atoms with E-state index in [4.69, 9.17) is 14.2 Å². The minimum Gasteiger partial charge on any atom is -0.497 e. The number of carbonyl (C=O) groups is 3. The van der Waals surface area contributed by atoms with Crippen LogP contribution in [0.5, 0.6) is 11.5 Å². The number of hydrogen-bond donors (Lipinski definition) is 2. The molecule has 1 heterocycles. The average Bonchev–Trinajstić information content (AvgIpc) is 3.27. The van der Waals surface area contributed by atoms with Crippen LogP contribution in [0.2, 0.25) is 0 Å². The Morgan fingerprint density at radius 1 is 1.00 bits per heavy atom. The third kappa shape index (κ3) is 7.19. The van der Waals surface area contributed by atoms with Crippen molar-refractivity contribution in [2.45, 2.75) is 49.6 Å². The summed E-state index contributed by atoms with van der Waals surface area (Å²) in [6.45, 7) is 5.68. The second kappa shape index (κ2) is 11.9. The number of methoxy groups -OCH3 is 2. The smallest absolute Gasteiger partial charge is 0.410 e. The summed E-state index contributed by atoms with van der Waals surface area (Å²) in [4.78, 5) is 40.8. The van der Waals surface area contributed by atoms with Crippen molar-refractivity contribution in [2.24, 2.45) is 0 Å². The molecule has 0 unspecified atom stereocenters. The van der Waals surface area contributed by atoms with Gasteiger partial charge in [0.05, 0.1) is 24.5 Å². The third-order valence-electron chi connectivity index (χ3n) is 5.65. The summed E-state index contributed by atoms with van der Waals surface area (Å²) in [7, 11) is 6.68. The lowest BCUT2D eigenvalue weighted by molar-refractivity contribution is -0.125. The van der Waals surface area contributed by atoms with E-state index in [1.807, 2.05) is 0 Å². The Morgan fingerprint density at radius 2 is 1.57 bits per heavy atom. The SMILES string of the molecule is COc1ccc(NC(=O)[C@@H](SNC(=O)[C@]2([Si])CCCN2C(=O)OC(C)(C)C)c2ccc(OC)cc2)cc1. The first-order chi connectivity index (χ1) is 17.5. The molecular formula is C26H32N3O6SSi. The molecule has 11 heteroatoms. The van der Waals surface area contributed by atoms with E-state index >= 15 is 0 Å². The van der Waals surface area contributed by atoms with Crippen molar-refractivity contribution in [3.05, 3.63) is 54.1 Å². The van der Waals surface area contributed by atoms with E-state index < -0.39 is 28.0 Å². The maximum Gasteiger partial charge on any atom is 0.410 e. The third-order valence-corrected chi connectivity index (χ3v) is 7.43. The van der Waals surface area contributed by atoms with Gasteiger partial charge in [-0.15, -0.1) is 0 Å². The molecule has 3 rings (SSSR count). The lowest BCUT2D eigenvalue weighted by atomic mass is 10.1. The first-order valence-electron chi connectivity index (χ1n) is 11.8. The minimum absolute atomic E-state index is 0.334. The molecule has 37 heavy (non-hydrogen) atoms. The van der Waals surface area contributed by atoms with Gasteiger partial charge in [-0.1, -0.05) is 12.1 Å². The Kier molecular flexibility index (Phi) is 9.14. The topological polar surface area (TPSA) is 106 Å². The van der Waals surface area contributed by atoms with E-state index in [0.717, 1.165) is 11.9 Å². The van der Waals surface area contributed by atoms with Crippen molar-refractivity contribution in [1.29, 1.82) is 0 Å². The molecule has 2 aromatic carbocycles. The predicted octanol–water partition coefficient (Wildman–Crippen LogP) is 4.04. The molecular weight excluding hydrogens is 510 g/mol. The van der Waals surface area contributed by atoms with E-state index in [2.05, 4.69) is 20.3 Å². The standard InChI is InChI=1S/C26H32N3O6SSi/c1-25(2,3)35-24(32)29-16-6-15-26(29,37)23(31)28-36-21(17-7-11-19(33-4)12-8-17)22(30)27-18-9-13-20(34-5)14-10-18/h7-14,21H,6,15-16H2,1-5H3,(H,27,30)(H,28,31)/t21-,26+/m0/s1. The van der Waals surface area contributed by atoms with E-state index in [1.54, 1.807) is 83.5 Å². The zero-order valence-corrected chi connectivity index (χ0v) is 23.4. The normalized spacial score (nSPS) is 18.1. The van der Waals surface area contributed by atoms with Gasteiger partial charge in [0, 0.05) is 12.2 Å². The second-order valence-corrected chi connectivity index (χ2v) is 11.3. The van der Waals surface area contributed by atoms with Crippen LogP contribution in [0.25, 0.3) is 0 Å². The summed E-state index contributed by atoms with van der Waals surface area (Å²) in [6, 6.07) is 14.0. The molecule has 1 saturated heterocycles. The van der Waals surface area contributed by atoms with Gasteiger partial charge in [0.2, 0.25) is 5.91 Å². The number of benzene rings is 2. The molecule has 0 spiro atoms. The van der Waals surface area contributed by atoms with E-state index in [1.165, 1.54) is 4.90 Å². The lowest BCUT2D eigenvalue weighted by Crippen LogP contribution is -2.57. The van der Waals surface area contributed by atoms with Crippen LogP contribution in [0.1, 0.15) is 44.4 Å². The molecule has 2 atom stereocenters. The molecule has 1 aliphatic heterocycles. The van der Waals surface area contributed by atoms with Crippen molar-refractivity contribution in [3.63, 3.8) is 0 Å². The number of nitrogens with zero attached hydrogens (tertiary/aromatic N) is 1. The number of carbonyl (C=O) groups excluding carboxylic acids is 3. The fourth-order valence-corrected chi connectivity index (χ4v) is 5.14. The fraction of sp³-hybridized carbons (Fsp3) is 0.423. The van der Waals surface area contributed by atoms with Crippen LogP contribution in [0, 0.1) is 0 Å². The van der Waals surface area contributed by atoms with Crippen LogP contribution in [-0.2, 0) is 14.3 Å². The zero-order valence-electron chi connectivity index (χ0n) is 21.6. The van der Waals surface area contributed by atoms with Gasteiger partial charge in [-0.25, -0.2) is 4.79 Å². The first kappa shape index (κ1) is 28.4. The van der Waals surface area contributed by atoms with Gasteiger partial charge in [-0.2, -0.15) is 0 Å². The summed E-state index contributed by atoms with van der Waals surface area (Å²) in [5, 5.41) is 0.808. The molecule has 0 saturated carbocycles. The highest BCUT2D eigenvalue weighted by molar-refractivity contribution is 7.98. The largest absolute Gasteiger partial charge is 0.497 e. The van der Waals surface area contributed by atoms with Crippen LogP contribution in [0.3, 0.4) is 0 Å². The first-order valence-corrected chi connectivity index (χ1v) is 13.2. The van der Waals surface area contributed by atoms with Crippen LogP contribution < -0.4 is 19.5 Å². The number of rotatable bonds is 8. The van der Waals surface area contributed by atoms with Crippen LogP contribution in [-0.4, -0.2) is 64.6 Å². The summed E-state index contributed by atoms with van der Waals surface area (Å²) in [5.41, 5.74) is 0.548. The van der Waals surface area contributed by atoms with Crippen molar-refractivity contribution >= 4 is 45.8 Å². The highest BCUT2D eigenvalue weighted by atomic mass is 32.2. The Morgan fingerprint density at radius 3 is 2.11 bits per heavy atom. The molecule has 0 aliphatic carbocycles. The Balaban J connectivity index is 1.77. The van der Waals surface area contributed by atoms with Crippen LogP contribution in [0.15, 0.2) is 48.5 Å². The average molecular weight is 543 g/mol. The fourth-order valence-electron chi connectivity index (χ4n) is 3.75. The lowest BCUT2D eigenvalue weighted by Gasteiger charge is -2.35. The van der Waals surface area contributed by atoms with Crippen LogP contribution >= 0.6 is 11.9 Å². The number of anilines is 1. The van der Waals surface area contributed by atoms with Crippen LogP contribution in [0.4, 0.5) is 10.5 Å². The van der Waals surface area contributed by atoms with Crippen molar-refractivity contribution in [3.8, 4) is 11.5 Å². The van der Waals surface area contributed by atoms with Crippen molar-refractivity contribution < 1.29 is 28.6 Å². The van der Waals surface area contributed by atoms with Gasteiger partial charge >= 0.3 is 6.09 Å². The molecule has 2 aromatic rings. The number of hydrogen-bond acceptors (Lipinski definition) is 7. The molecule has 1 aliphatic rings. The Labute approximate surface area is 225 Å². The summed E-state index contributed by atoms with van der Waals surface area (Å²) < 4.78 is 18.7. The highest BCUT2D eigenvalue weighted by Crippen LogP contribution is 2.33. The number of nitrogens with one attached hydrogen (secondary N) is 2. The highest BCUT2D eigenvalue weighted by Gasteiger charge is 2.47. The maximum atomic E-state index is 13.3. The van der Waals surface area contributed by atoms with E-state index in [-0.39, 0.29) is 5.91 Å². The van der Waals surface area contributed by atoms with Gasteiger partial charge in [-0.3, -0.25) is 19.2 Å². The summed E-state index contributed by atoms with van der Waals surface area (Å²) >= 11 is 0.957. The summed E-state index contributed by atoms with van der Waals surface area (Å²) in [6.07, 6.45) is 0.450. The molecule has 0 aromatic heterocycles. The van der Waals surface area contributed by atoms with Gasteiger partial charge in [0.25, 0.3) is 5.91 Å². The van der Waals surface area contributed by atoms with Gasteiger partial charge in [-0.05, 0) is 87.5 Å². The molecule has 0 bridgehead atoms. The second-order valence-electron chi connectivity index (χ2n) is 9.52. The quantitative estimate of drug-likeness (QED) is 0.383. The number of amides is 3. The maximum absolute atomic E-state index is 13.3. The predicted molar refractivity (Wildman–Crippen MR) is 144 cm³/mol. The van der Waals surface area contributed by atoms with Crippen molar-refractivity contribution in [1.82, 2.24) is 9.62 Å². The zero-order chi connectivity index (χ0) is 27.2. The van der Waals surface area contributed by atoms with E-state index in [0.29, 0.717) is 42.1 Å². The number of likely N-dealkylation sites (tertiary alicyclic amines) is 1. The molecule has 3 radical (unpaired) electrons. The molecule has 197 valence electrons. The van der Waals surface area contributed by atoms with Crippen molar-refractivity contribution in [2.75, 3.05) is 26.1 Å². The molecule has 2 N–H and O–H groups in total. The van der Waals surface area contributed by atoms with E-state index in [9.17, 15) is 14.4 Å². The molecule has 9 nitrogen and oxygen atoms in total. The minimum atomic E-state index is -1.29. The monoisotopic (exact) mass is 542 g/mol. The number of ether oxygens (including phenoxy) is 3. The summed E-state index contributed by atoms with van der Waals surface area (Å²) in [5.74, 6) is 0.525. The van der Waals surface area contributed by atoms with Gasteiger partial charge in [0.15, 0.2) is 0 Å². The van der Waals surface area contributed by atoms with Gasteiger partial charge < -0.3 is 19.5 Å².